The van der Waals surface area contributed by atoms with Gasteiger partial charge in [0.1, 0.15) is 0 Å². The number of aryl methyl sites for hydroxylation is 1. The number of carboxylic acids is 1. The molecule has 0 fully saturated rings. The van der Waals surface area contributed by atoms with E-state index in [0.717, 1.165) is 6.42 Å². The molecule has 0 saturated carbocycles. The Balaban J connectivity index is 2.50. The molecule has 0 amide bonds. The molecule has 1 N–H and O–H groups in total. The molecule has 2 nitrogen and oxygen atoms in total. The van der Waals surface area contributed by atoms with Crippen molar-refractivity contribution in [2.75, 3.05) is 0 Å². The van der Waals surface area contributed by atoms with Crippen molar-refractivity contribution in [1.29, 1.82) is 0 Å². The highest BCUT2D eigenvalue weighted by molar-refractivity contribution is 5.66. The maximum Gasteiger partial charge on any atom is 0.303 e. The van der Waals surface area contributed by atoms with Gasteiger partial charge in [-0.15, -0.1) is 0 Å². The first-order valence-corrected chi connectivity index (χ1v) is 5.56. The Labute approximate surface area is 96.6 Å². The highest BCUT2D eigenvalue weighted by atomic mass is 16.4. The lowest BCUT2D eigenvalue weighted by Crippen LogP contribution is -1.92. The number of carbonyl (C=O) groups is 1. The smallest absolute Gasteiger partial charge is 0.303 e. The summed E-state index contributed by atoms with van der Waals surface area (Å²) < 4.78 is 0. The Kier molecular flexibility index (Phi) is 4.77. The summed E-state index contributed by atoms with van der Waals surface area (Å²) in [7, 11) is 0. The van der Waals surface area contributed by atoms with E-state index in [2.05, 4.69) is 32.1 Å². The zero-order chi connectivity index (χ0) is 12.0. The fourth-order valence-corrected chi connectivity index (χ4v) is 1.54. The molecule has 1 aromatic rings. The van der Waals surface area contributed by atoms with Crippen LogP contribution in [0.5, 0.6) is 0 Å². The van der Waals surface area contributed by atoms with Gasteiger partial charge in [-0.25, -0.2) is 0 Å². The minimum absolute atomic E-state index is 0.247. The van der Waals surface area contributed by atoms with Gasteiger partial charge in [0.05, 0.1) is 0 Å². The molecule has 16 heavy (non-hydrogen) atoms. The molecule has 0 unspecified atom stereocenters. The summed E-state index contributed by atoms with van der Waals surface area (Å²) in [4.78, 5) is 10.3. The fourth-order valence-electron chi connectivity index (χ4n) is 1.54. The van der Waals surface area contributed by atoms with Crippen LogP contribution in [0.4, 0.5) is 0 Å². The van der Waals surface area contributed by atoms with Gasteiger partial charge in [-0.05, 0) is 43.4 Å². The summed E-state index contributed by atoms with van der Waals surface area (Å²) in [6.45, 7) is 4.20. The number of benzene rings is 1. The first kappa shape index (κ1) is 12.5. The first-order chi connectivity index (χ1) is 7.61. The molecule has 0 aromatic heterocycles. The number of aliphatic carboxylic acids is 1. The molecular weight excluding hydrogens is 200 g/mol. The summed E-state index contributed by atoms with van der Waals surface area (Å²) in [5.74, 6) is -0.722. The summed E-state index contributed by atoms with van der Waals surface area (Å²) >= 11 is 0. The van der Waals surface area contributed by atoms with Gasteiger partial charge in [-0.2, -0.15) is 0 Å². The van der Waals surface area contributed by atoms with Crippen molar-refractivity contribution in [3.8, 4) is 0 Å². The van der Waals surface area contributed by atoms with E-state index in [-0.39, 0.29) is 6.42 Å². The second-order valence-electron chi connectivity index (χ2n) is 3.98. The predicted octanol–water partition coefficient (Wildman–Crippen LogP) is 3.57. The van der Waals surface area contributed by atoms with Crippen LogP contribution in [-0.4, -0.2) is 11.1 Å². The van der Waals surface area contributed by atoms with Crippen LogP contribution < -0.4 is 0 Å². The lowest BCUT2D eigenvalue weighted by molar-refractivity contribution is -0.137. The average molecular weight is 218 g/mol. The van der Waals surface area contributed by atoms with Crippen molar-refractivity contribution < 1.29 is 9.90 Å². The van der Waals surface area contributed by atoms with Gasteiger partial charge >= 0.3 is 5.97 Å². The maximum atomic E-state index is 10.3. The number of hydrogen-bond donors (Lipinski definition) is 1. The molecule has 0 aliphatic heterocycles. The zero-order valence-electron chi connectivity index (χ0n) is 9.86. The molecule has 0 spiro atoms. The van der Waals surface area contributed by atoms with Gasteiger partial charge in [0.25, 0.3) is 0 Å². The molecule has 86 valence electrons. The van der Waals surface area contributed by atoms with Gasteiger partial charge < -0.3 is 5.11 Å². The summed E-state index contributed by atoms with van der Waals surface area (Å²) in [6, 6.07) is 6.21. The van der Waals surface area contributed by atoms with E-state index < -0.39 is 5.97 Å². The highest BCUT2D eigenvalue weighted by Gasteiger charge is 1.97. The third-order valence-electron chi connectivity index (χ3n) is 2.71. The van der Waals surface area contributed by atoms with Crippen LogP contribution in [0.15, 0.2) is 24.3 Å². The van der Waals surface area contributed by atoms with Crippen molar-refractivity contribution in [2.45, 2.75) is 33.1 Å². The molecule has 0 heterocycles. The highest BCUT2D eigenvalue weighted by Crippen LogP contribution is 2.14. The topological polar surface area (TPSA) is 37.3 Å². The van der Waals surface area contributed by atoms with E-state index in [4.69, 9.17) is 5.11 Å². The Morgan fingerprint density at radius 2 is 2.12 bits per heavy atom. The monoisotopic (exact) mass is 218 g/mol. The van der Waals surface area contributed by atoms with E-state index in [9.17, 15) is 4.79 Å². The van der Waals surface area contributed by atoms with Crippen molar-refractivity contribution in [2.24, 2.45) is 0 Å². The predicted molar refractivity (Wildman–Crippen MR) is 66.4 cm³/mol. The Hall–Kier alpha value is -1.57. The molecular formula is C14H18O2. The average Bonchev–Trinajstić information content (AvgIpc) is 2.23. The van der Waals surface area contributed by atoms with Crippen molar-refractivity contribution in [3.63, 3.8) is 0 Å². The second kappa shape index (κ2) is 6.11. The van der Waals surface area contributed by atoms with E-state index in [1.165, 1.54) is 16.7 Å². The van der Waals surface area contributed by atoms with Gasteiger partial charge in [0.15, 0.2) is 0 Å². The third-order valence-corrected chi connectivity index (χ3v) is 2.71. The molecule has 0 radical (unpaired) electrons. The van der Waals surface area contributed by atoms with Crippen molar-refractivity contribution in [1.82, 2.24) is 0 Å². The van der Waals surface area contributed by atoms with Crippen LogP contribution in [0.25, 0.3) is 6.08 Å². The zero-order valence-corrected chi connectivity index (χ0v) is 9.86. The molecule has 0 atom stereocenters. The maximum absolute atomic E-state index is 10.3. The van der Waals surface area contributed by atoms with E-state index >= 15 is 0 Å². The molecule has 1 aromatic carbocycles. The Bertz CT molecular complexity index is 392. The van der Waals surface area contributed by atoms with E-state index in [0.29, 0.717) is 6.42 Å². The van der Waals surface area contributed by atoms with E-state index in [1.54, 1.807) is 0 Å². The molecule has 0 aliphatic rings. The van der Waals surface area contributed by atoms with Crippen molar-refractivity contribution >= 4 is 12.0 Å². The summed E-state index contributed by atoms with van der Waals surface area (Å²) in [6.07, 6.45) is 5.89. The van der Waals surface area contributed by atoms with Gasteiger partial charge in [-0.3, -0.25) is 4.79 Å². The Morgan fingerprint density at radius 3 is 2.81 bits per heavy atom. The third kappa shape index (κ3) is 3.89. The standard InChI is InChI=1S/C14H18O2/c1-11-7-6-9-13(12(11)2)8-4-3-5-10-14(15)16/h4,6-9H,3,5,10H2,1-2H3,(H,15,16)/b8-4+. The van der Waals surface area contributed by atoms with Crippen LogP contribution in [0.3, 0.4) is 0 Å². The minimum atomic E-state index is -0.722. The number of carboxylic acid groups (broad SMARTS) is 1. The fraction of sp³-hybridized carbons (Fsp3) is 0.357. The van der Waals surface area contributed by atoms with Gasteiger partial charge in [0, 0.05) is 6.42 Å². The number of rotatable bonds is 5. The molecule has 0 aliphatic carbocycles. The molecule has 0 bridgehead atoms. The Morgan fingerprint density at radius 1 is 1.38 bits per heavy atom. The summed E-state index contributed by atoms with van der Waals surface area (Å²) in [5, 5.41) is 8.49. The largest absolute Gasteiger partial charge is 0.481 e. The van der Waals surface area contributed by atoms with Crippen LogP contribution in [0.1, 0.15) is 36.0 Å². The van der Waals surface area contributed by atoms with Crippen LogP contribution >= 0.6 is 0 Å². The molecule has 0 saturated heterocycles. The van der Waals surface area contributed by atoms with Gasteiger partial charge in [-0.1, -0.05) is 30.4 Å². The first-order valence-electron chi connectivity index (χ1n) is 5.56. The van der Waals surface area contributed by atoms with Crippen LogP contribution in [-0.2, 0) is 4.79 Å². The van der Waals surface area contributed by atoms with Crippen LogP contribution in [0, 0.1) is 13.8 Å². The second-order valence-corrected chi connectivity index (χ2v) is 3.98. The quantitative estimate of drug-likeness (QED) is 0.767. The summed E-state index contributed by atoms with van der Waals surface area (Å²) in [5.41, 5.74) is 3.79. The molecule has 2 heteroatoms. The number of allylic oxidation sites excluding steroid dienone is 1. The lowest BCUT2D eigenvalue weighted by Gasteiger charge is -2.03. The lowest BCUT2D eigenvalue weighted by atomic mass is 10.0. The van der Waals surface area contributed by atoms with E-state index in [1.807, 2.05) is 12.1 Å². The van der Waals surface area contributed by atoms with Crippen molar-refractivity contribution in [3.05, 3.63) is 41.0 Å². The normalized spacial score (nSPS) is 10.9. The van der Waals surface area contributed by atoms with Gasteiger partial charge in [0.2, 0.25) is 0 Å². The number of unbranched alkanes of at least 4 members (excludes halogenated alkanes) is 1. The molecule has 1 rings (SSSR count). The SMILES string of the molecule is Cc1cccc(/C=C/CCCC(=O)O)c1C. The number of hydrogen-bond acceptors (Lipinski definition) is 1. The minimum Gasteiger partial charge on any atom is -0.481 e. The van der Waals surface area contributed by atoms with Crippen LogP contribution in [0.2, 0.25) is 0 Å².